The molecule has 0 unspecified atom stereocenters. The van der Waals surface area contributed by atoms with Crippen molar-refractivity contribution >= 4 is 17.4 Å². The minimum absolute atomic E-state index is 0.0140. The maximum atomic E-state index is 13.0. The Morgan fingerprint density at radius 1 is 1.27 bits per heavy atom. The number of nitrogens with zero attached hydrogens (tertiary/aromatic N) is 5. The van der Waals surface area contributed by atoms with E-state index >= 15 is 0 Å². The Kier molecular flexibility index (Phi) is 7.11. The zero-order valence-corrected chi connectivity index (χ0v) is 17.2. The highest BCUT2D eigenvalue weighted by Crippen LogP contribution is 2.28. The molecule has 2 aromatic rings. The zero-order valence-electron chi connectivity index (χ0n) is 17.2. The van der Waals surface area contributed by atoms with E-state index < -0.39 is 12.0 Å². The molecule has 0 saturated carbocycles. The van der Waals surface area contributed by atoms with Gasteiger partial charge in [0.25, 0.3) is 5.82 Å². The van der Waals surface area contributed by atoms with Gasteiger partial charge in [-0.25, -0.2) is 0 Å². The summed E-state index contributed by atoms with van der Waals surface area (Å²) in [5, 5.41) is 13.7. The summed E-state index contributed by atoms with van der Waals surface area (Å²) in [6.07, 6.45) is -2.63. The third-order valence-electron chi connectivity index (χ3n) is 4.91. The molecule has 2 aromatic heterocycles. The third kappa shape index (κ3) is 5.59. The summed E-state index contributed by atoms with van der Waals surface area (Å²) in [6, 6.07) is 3.09. The quantitative estimate of drug-likeness (QED) is 0.651. The number of alkyl halides is 3. The summed E-state index contributed by atoms with van der Waals surface area (Å²) >= 11 is 0. The average molecular weight is 428 g/mol. The summed E-state index contributed by atoms with van der Waals surface area (Å²) in [5.74, 6) is -0.340. The standard InChI is InChI=1S/C19H27F3N6O2/c1-13(2)12-30-11-3-8-23-17(29)14-6-9-27(10-7-14)16-5-4-15-24-25-18(19(20,21)22)28(15)26-16/h4-5,13-14H,3,6-12H2,1-2H3,(H,23,29). The number of aromatic nitrogens is 4. The van der Waals surface area contributed by atoms with Crippen LogP contribution < -0.4 is 10.2 Å². The SMILES string of the molecule is CC(C)COCCCNC(=O)C1CCN(c2ccc3nnc(C(F)(F)F)n3n2)CC1. The fourth-order valence-electron chi connectivity index (χ4n) is 3.34. The maximum Gasteiger partial charge on any atom is 0.453 e. The van der Waals surface area contributed by atoms with Crippen molar-refractivity contribution in [3.05, 3.63) is 18.0 Å². The second-order valence-corrected chi connectivity index (χ2v) is 7.86. The molecule has 1 aliphatic rings. The summed E-state index contributed by atoms with van der Waals surface area (Å²) < 4.78 is 45.3. The van der Waals surface area contributed by atoms with Gasteiger partial charge in [0.1, 0.15) is 5.82 Å². The highest BCUT2D eigenvalue weighted by Gasteiger charge is 2.38. The number of rotatable bonds is 8. The van der Waals surface area contributed by atoms with Crippen LogP contribution in [-0.2, 0) is 15.7 Å². The maximum absolute atomic E-state index is 13.0. The van der Waals surface area contributed by atoms with Crippen LogP contribution in [0.5, 0.6) is 0 Å². The van der Waals surface area contributed by atoms with Gasteiger partial charge < -0.3 is 15.0 Å². The number of amides is 1. The van der Waals surface area contributed by atoms with E-state index in [1.54, 1.807) is 6.07 Å². The lowest BCUT2D eigenvalue weighted by Gasteiger charge is -2.32. The molecule has 1 saturated heterocycles. The number of halogens is 3. The van der Waals surface area contributed by atoms with Crippen LogP contribution >= 0.6 is 0 Å². The number of hydrogen-bond donors (Lipinski definition) is 1. The fraction of sp³-hybridized carbons (Fsp3) is 0.684. The molecule has 3 rings (SSSR count). The summed E-state index contributed by atoms with van der Waals surface area (Å²) in [4.78, 5) is 14.2. The van der Waals surface area contributed by atoms with Gasteiger partial charge in [0.15, 0.2) is 5.65 Å². The Balaban J connectivity index is 1.49. The number of ether oxygens (including phenoxy) is 1. The van der Waals surface area contributed by atoms with Gasteiger partial charge in [0.05, 0.1) is 0 Å². The lowest BCUT2D eigenvalue weighted by molar-refractivity contribution is -0.146. The number of fused-ring (bicyclic) bond motifs is 1. The molecule has 0 aromatic carbocycles. The van der Waals surface area contributed by atoms with Crippen LogP contribution in [0, 0.1) is 11.8 Å². The largest absolute Gasteiger partial charge is 0.453 e. The van der Waals surface area contributed by atoms with Crippen molar-refractivity contribution in [3.8, 4) is 0 Å². The van der Waals surface area contributed by atoms with Crippen molar-refractivity contribution in [2.75, 3.05) is 37.7 Å². The van der Waals surface area contributed by atoms with Crippen LogP contribution in [-0.4, -0.2) is 58.6 Å². The first-order valence-electron chi connectivity index (χ1n) is 10.2. The molecule has 30 heavy (non-hydrogen) atoms. The van der Waals surface area contributed by atoms with Crippen LogP contribution in [0.2, 0.25) is 0 Å². The predicted octanol–water partition coefficient (Wildman–Crippen LogP) is 2.54. The van der Waals surface area contributed by atoms with E-state index in [0.29, 0.717) is 57.4 Å². The highest BCUT2D eigenvalue weighted by molar-refractivity contribution is 5.78. The Morgan fingerprint density at radius 3 is 2.67 bits per heavy atom. The monoisotopic (exact) mass is 428 g/mol. The summed E-state index contributed by atoms with van der Waals surface area (Å²) in [6.45, 7) is 7.16. The molecule has 3 heterocycles. The molecule has 11 heteroatoms. The molecule has 1 amide bonds. The number of piperidine rings is 1. The van der Waals surface area contributed by atoms with E-state index in [2.05, 4.69) is 34.5 Å². The van der Waals surface area contributed by atoms with Crippen molar-refractivity contribution < 1.29 is 22.7 Å². The minimum atomic E-state index is -4.63. The van der Waals surface area contributed by atoms with Gasteiger partial charge in [-0.15, -0.1) is 15.3 Å². The van der Waals surface area contributed by atoms with Gasteiger partial charge >= 0.3 is 6.18 Å². The zero-order chi connectivity index (χ0) is 21.7. The number of anilines is 1. The van der Waals surface area contributed by atoms with E-state index in [9.17, 15) is 18.0 Å². The number of carbonyl (C=O) groups excluding carboxylic acids is 1. The van der Waals surface area contributed by atoms with Crippen molar-refractivity contribution in [3.63, 3.8) is 0 Å². The smallest absolute Gasteiger partial charge is 0.381 e. The highest BCUT2D eigenvalue weighted by atomic mass is 19.4. The molecule has 0 spiro atoms. The second-order valence-electron chi connectivity index (χ2n) is 7.86. The van der Waals surface area contributed by atoms with Gasteiger partial charge in [0, 0.05) is 38.8 Å². The Morgan fingerprint density at radius 2 is 2.00 bits per heavy atom. The first-order valence-corrected chi connectivity index (χ1v) is 10.2. The van der Waals surface area contributed by atoms with Crippen molar-refractivity contribution in [2.24, 2.45) is 11.8 Å². The van der Waals surface area contributed by atoms with Gasteiger partial charge in [-0.2, -0.15) is 17.7 Å². The van der Waals surface area contributed by atoms with Crippen LogP contribution in [0.4, 0.5) is 19.0 Å². The fourth-order valence-corrected chi connectivity index (χ4v) is 3.34. The van der Waals surface area contributed by atoms with Crippen molar-refractivity contribution in [2.45, 2.75) is 39.3 Å². The van der Waals surface area contributed by atoms with E-state index in [1.165, 1.54) is 6.07 Å². The van der Waals surface area contributed by atoms with E-state index in [0.717, 1.165) is 10.9 Å². The molecule has 8 nitrogen and oxygen atoms in total. The van der Waals surface area contributed by atoms with Crippen LogP contribution in [0.1, 0.15) is 38.9 Å². The molecule has 0 atom stereocenters. The average Bonchev–Trinajstić information content (AvgIpc) is 3.14. The second kappa shape index (κ2) is 9.59. The predicted molar refractivity (Wildman–Crippen MR) is 104 cm³/mol. The molecule has 1 fully saturated rings. The van der Waals surface area contributed by atoms with Crippen LogP contribution in [0.3, 0.4) is 0 Å². The third-order valence-corrected chi connectivity index (χ3v) is 4.91. The lowest BCUT2D eigenvalue weighted by Crippen LogP contribution is -2.41. The Hall–Kier alpha value is -2.43. The first-order chi connectivity index (χ1) is 14.3. The van der Waals surface area contributed by atoms with Crippen molar-refractivity contribution in [1.29, 1.82) is 0 Å². The topological polar surface area (TPSA) is 84.6 Å². The number of hydrogen-bond acceptors (Lipinski definition) is 6. The molecular weight excluding hydrogens is 401 g/mol. The molecular formula is C19H27F3N6O2. The van der Waals surface area contributed by atoms with Crippen LogP contribution in [0.25, 0.3) is 5.65 Å². The first kappa shape index (κ1) is 22.3. The molecule has 0 aliphatic carbocycles. The van der Waals surface area contributed by atoms with E-state index in [1.807, 2.05) is 4.90 Å². The number of carbonyl (C=O) groups is 1. The molecule has 0 bridgehead atoms. The molecule has 1 N–H and O–H groups in total. The van der Waals surface area contributed by atoms with Gasteiger partial charge in [0.2, 0.25) is 5.91 Å². The molecule has 166 valence electrons. The van der Waals surface area contributed by atoms with Crippen molar-refractivity contribution in [1.82, 2.24) is 25.1 Å². The molecule has 0 radical (unpaired) electrons. The molecule has 1 aliphatic heterocycles. The van der Waals surface area contributed by atoms with E-state index in [-0.39, 0.29) is 17.5 Å². The number of nitrogens with one attached hydrogen (secondary N) is 1. The van der Waals surface area contributed by atoms with E-state index in [4.69, 9.17) is 4.74 Å². The van der Waals surface area contributed by atoms with Gasteiger partial charge in [-0.3, -0.25) is 4.79 Å². The summed E-state index contributed by atoms with van der Waals surface area (Å²) in [7, 11) is 0. The Bertz CT molecular complexity index is 846. The normalized spacial score (nSPS) is 15.9. The van der Waals surface area contributed by atoms with Gasteiger partial charge in [-0.05, 0) is 37.3 Å². The Labute approximate surface area is 172 Å². The van der Waals surface area contributed by atoms with Gasteiger partial charge in [-0.1, -0.05) is 13.8 Å². The van der Waals surface area contributed by atoms with Crippen LogP contribution in [0.15, 0.2) is 12.1 Å². The lowest BCUT2D eigenvalue weighted by atomic mass is 9.96. The minimum Gasteiger partial charge on any atom is -0.381 e. The summed E-state index contributed by atoms with van der Waals surface area (Å²) in [5.41, 5.74) is 0.0395.